The average molecular weight is 377 g/mol. The zero-order valence-electron chi connectivity index (χ0n) is 14.8. The molecule has 8 heteroatoms. The molecule has 2 aromatic carbocycles. The van der Waals surface area contributed by atoms with Crippen molar-refractivity contribution in [2.24, 2.45) is 0 Å². The second-order valence-corrected chi connectivity index (χ2v) is 6.55. The lowest BCUT2D eigenvalue weighted by molar-refractivity contribution is 0.0950. The molecule has 3 amide bonds. The van der Waals surface area contributed by atoms with Gasteiger partial charge in [0.1, 0.15) is 17.5 Å². The van der Waals surface area contributed by atoms with E-state index in [1.165, 1.54) is 6.07 Å². The predicted octanol–water partition coefficient (Wildman–Crippen LogP) is 3.79. The maximum absolute atomic E-state index is 13.7. The lowest BCUT2D eigenvalue weighted by Crippen LogP contribution is -2.42. The van der Waals surface area contributed by atoms with Crippen molar-refractivity contribution in [3.8, 4) is 0 Å². The fraction of sp³-hybridized carbons (Fsp3) is 0.263. The van der Waals surface area contributed by atoms with Gasteiger partial charge in [0.25, 0.3) is 5.91 Å². The summed E-state index contributed by atoms with van der Waals surface area (Å²) < 4.78 is 40.2. The summed E-state index contributed by atoms with van der Waals surface area (Å²) in [6.45, 7) is 3.80. The Morgan fingerprint density at radius 3 is 2.48 bits per heavy atom. The zero-order chi connectivity index (χ0) is 19.7. The van der Waals surface area contributed by atoms with Crippen molar-refractivity contribution >= 4 is 17.6 Å². The highest BCUT2D eigenvalue weighted by molar-refractivity contribution is 5.98. The van der Waals surface area contributed by atoms with Crippen molar-refractivity contribution in [3.63, 3.8) is 0 Å². The first-order valence-corrected chi connectivity index (χ1v) is 8.38. The van der Waals surface area contributed by atoms with Crippen LogP contribution in [0.3, 0.4) is 0 Å². The summed E-state index contributed by atoms with van der Waals surface area (Å²) in [5, 5.41) is 5.13. The number of carbonyl (C=O) groups is 2. The fourth-order valence-corrected chi connectivity index (χ4v) is 2.84. The predicted molar refractivity (Wildman–Crippen MR) is 93.6 cm³/mol. The lowest BCUT2D eigenvalue weighted by Gasteiger charge is -2.32. The van der Waals surface area contributed by atoms with Crippen molar-refractivity contribution in [1.82, 2.24) is 10.2 Å². The monoisotopic (exact) mass is 377 g/mol. The van der Waals surface area contributed by atoms with E-state index in [-0.39, 0.29) is 17.6 Å². The van der Waals surface area contributed by atoms with Crippen LogP contribution in [-0.2, 0) is 13.1 Å². The molecule has 3 rings (SSSR count). The first-order chi connectivity index (χ1) is 12.8. The van der Waals surface area contributed by atoms with Crippen LogP contribution in [0.15, 0.2) is 30.3 Å². The number of urea groups is 1. The minimum atomic E-state index is -1.07. The van der Waals surface area contributed by atoms with Crippen LogP contribution in [0.1, 0.15) is 35.3 Å². The zero-order valence-corrected chi connectivity index (χ0v) is 14.8. The van der Waals surface area contributed by atoms with Crippen LogP contribution in [0.25, 0.3) is 0 Å². The van der Waals surface area contributed by atoms with E-state index in [1.54, 1.807) is 17.0 Å². The molecule has 0 aliphatic carbocycles. The third-order valence-corrected chi connectivity index (χ3v) is 4.37. The van der Waals surface area contributed by atoms with E-state index < -0.39 is 35.5 Å². The Morgan fingerprint density at radius 1 is 1.19 bits per heavy atom. The fourth-order valence-electron chi connectivity index (χ4n) is 2.84. The molecule has 1 aliphatic rings. The van der Waals surface area contributed by atoms with Gasteiger partial charge in [-0.3, -0.25) is 4.79 Å². The standard InChI is InChI=1S/C19H18F3N3O2/c1-10(2)25-9-12-4-3-11(5-17(12)24-19(25)27)18(26)23-8-14-15(21)6-13(20)7-16(14)22/h3-7,10H,8-9H2,1-2H3,(H,23,26)(H,24,27). The van der Waals surface area contributed by atoms with Crippen LogP contribution in [0.4, 0.5) is 23.7 Å². The van der Waals surface area contributed by atoms with Gasteiger partial charge in [-0.25, -0.2) is 18.0 Å². The van der Waals surface area contributed by atoms with Gasteiger partial charge in [-0.2, -0.15) is 0 Å². The van der Waals surface area contributed by atoms with E-state index in [0.717, 1.165) is 5.56 Å². The SMILES string of the molecule is CC(C)N1Cc2ccc(C(=O)NCc3c(F)cc(F)cc3F)cc2NC1=O. The molecule has 0 radical (unpaired) electrons. The minimum Gasteiger partial charge on any atom is -0.348 e. The summed E-state index contributed by atoms with van der Waals surface area (Å²) >= 11 is 0. The van der Waals surface area contributed by atoms with Gasteiger partial charge in [0.15, 0.2) is 0 Å². The topological polar surface area (TPSA) is 61.4 Å². The third kappa shape index (κ3) is 3.89. The van der Waals surface area contributed by atoms with E-state index in [4.69, 9.17) is 0 Å². The van der Waals surface area contributed by atoms with Crippen molar-refractivity contribution in [1.29, 1.82) is 0 Å². The smallest absolute Gasteiger partial charge is 0.322 e. The second kappa shape index (κ2) is 7.30. The molecule has 0 saturated carbocycles. The number of nitrogens with zero attached hydrogens (tertiary/aromatic N) is 1. The van der Waals surface area contributed by atoms with Crippen LogP contribution < -0.4 is 10.6 Å². The summed E-state index contributed by atoms with van der Waals surface area (Å²) in [4.78, 5) is 26.0. The first-order valence-electron chi connectivity index (χ1n) is 8.38. The number of anilines is 1. The highest BCUT2D eigenvalue weighted by Gasteiger charge is 2.25. The quantitative estimate of drug-likeness (QED) is 0.852. The van der Waals surface area contributed by atoms with Crippen molar-refractivity contribution in [3.05, 3.63) is 64.5 Å². The molecule has 0 spiro atoms. The van der Waals surface area contributed by atoms with E-state index >= 15 is 0 Å². The molecule has 2 N–H and O–H groups in total. The van der Waals surface area contributed by atoms with Gasteiger partial charge in [-0.15, -0.1) is 0 Å². The molecule has 27 heavy (non-hydrogen) atoms. The highest BCUT2D eigenvalue weighted by atomic mass is 19.1. The van der Waals surface area contributed by atoms with Gasteiger partial charge in [0, 0.05) is 48.1 Å². The van der Waals surface area contributed by atoms with Crippen LogP contribution >= 0.6 is 0 Å². The van der Waals surface area contributed by atoms with Crippen LogP contribution in [0, 0.1) is 17.5 Å². The van der Waals surface area contributed by atoms with Gasteiger partial charge in [-0.05, 0) is 31.5 Å². The maximum Gasteiger partial charge on any atom is 0.322 e. The van der Waals surface area contributed by atoms with Gasteiger partial charge >= 0.3 is 6.03 Å². The third-order valence-electron chi connectivity index (χ3n) is 4.37. The van der Waals surface area contributed by atoms with Gasteiger partial charge in [-0.1, -0.05) is 6.07 Å². The van der Waals surface area contributed by atoms with Crippen molar-refractivity contribution < 1.29 is 22.8 Å². The number of hydrogen-bond donors (Lipinski definition) is 2. The molecule has 1 aliphatic heterocycles. The van der Waals surface area contributed by atoms with E-state index in [1.807, 2.05) is 13.8 Å². The molecule has 5 nitrogen and oxygen atoms in total. The normalized spacial score (nSPS) is 13.4. The molecule has 0 unspecified atom stereocenters. The Labute approximate surface area is 154 Å². The highest BCUT2D eigenvalue weighted by Crippen LogP contribution is 2.26. The number of nitrogens with one attached hydrogen (secondary N) is 2. The average Bonchev–Trinajstić information content (AvgIpc) is 2.59. The lowest BCUT2D eigenvalue weighted by atomic mass is 10.1. The number of amides is 3. The summed E-state index contributed by atoms with van der Waals surface area (Å²) in [5.74, 6) is -3.74. The molecule has 0 bridgehead atoms. The second-order valence-electron chi connectivity index (χ2n) is 6.55. The minimum absolute atomic E-state index is 0.0293. The molecule has 0 atom stereocenters. The number of benzene rings is 2. The van der Waals surface area contributed by atoms with Crippen molar-refractivity contribution in [2.45, 2.75) is 33.0 Å². The number of hydrogen-bond acceptors (Lipinski definition) is 2. The Morgan fingerprint density at radius 2 is 1.85 bits per heavy atom. The van der Waals surface area contributed by atoms with Gasteiger partial charge in [0.05, 0.1) is 0 Å². The molecule has 1 heterocycles. The summed E-state index contributed by atoms with van der Waals surface area (Å²) in [6, 6.07) is 5.68. The summed E-state index contributed by atoms with van der Waals surface area (Å²) in [6.07, 6.45) is 0. The van der Waals surface area contributed by atoms with Crippen LogP contribution in [0.2, 0.25) is 0 Å². The number of carbonyl (C=O) groups excluding carboxylic acids is 2. The first kappa shape index (κ1) is 18.8. The Kier molecular flexibility index (Phi) is 5.07. The number of rotatable bonds is 4. The number of fused-ring (bicyclic) bond motifs is 1. The Balaban J connectivity index is 1.74. The van der Waals surface area contributed by atoms with Crippen molar-refractivity contribution in [2.75, 3.05) is 5.32 Å². The van der Waals surface area contributed by atoms with Gasteiger partial charge in [0.2, 0.25) is 0 Å². The molecule has 0 fully saturated rings. The number of halogens is 3. The Bertz CT molecular complexity index is 892. The molecular formula is C19H18F3N3O2. The largest absolute Gasteiger partial charge is 0.348 e. The van der Waals surface area contributed by atoms with E-state index in [0.29, 0.717) is 24.4 Å². The summed E-state index contributed by atoms with van der Waals surface area (Å²) in [5.41, 5.74) is 1.18. The van der Waals surface area contributed by atoms with E-state index in [2.05, 4.69) is 10.6 Å². The van der Waals surface area contributed by atoms with Gasteiger partial charge < -0.3 is 15.5 Å². The van der Waals surface area contributed by atoms with E-state index in [9.17, 15) is 22.8 Å². The Hall–Kier alpha value is -3.03. The molecule has 2 aromatic rings. The van der Waals surface area contributed by atoms with Crippen LogP contribution in [0.5, 0.6) is 0 Å². The molecule has 0 saturated heterocycles. The molecular weight excluding hydrogens is 359 g/mol. The summed E-state index contributed by atoms with van der Waals surface area (Å²) in [7, 11) is 0. The molecule has 0 aromatic heterocycles. The van der Waals surface area contributed by atoms with Crippen LogP contribution in [-0.4, -0.2) is 22.9 Å². The maximum atomic E-state index is 13.7. The molecule has 142 valence electrons.